The van der Waals surface area contributed by atoms with Crippen LogP contribution in [0.25, 0.3) is 0 Å². The summed E-state index contributed by atoms with van der Waals surface area (Å²) >= 11 is 0. The normalized spacial score (nSPS) is 26.8. The second-order valence-corrected chi connectivity index (χ2v) is 3.90. The number of halogens is 2. The molecule has 78 valence electrons. The quantitative estimate of drug-likeness (QED) is 0.662. The zero-order valence-electron chi connectivity index (χ0n) is 8.39. The molecule has 0 N–H and O–H groups in total. The van der Waals surface area contributed by atoms with Gasteiger partial charge >= 0.3 is 0 Å². The second-order valence-electron chi connectivity index (χ2n) is 3.90. The van der Waals surface area contributed by atoms with Crippen molar-refractivity contribution in [2.75, 3.05) is 19.7 Å². The molecule has 1 atom stereocenters. The van der Waals surface area contributed by atoms with E-state index in [0.717, 1.165) is 13.5 Å². The van der Waals surface area contributed by atoms with E-state index in [1.54, 1.807) is 0 Å². The van der Waals surface area contributed by atoms with Gasteiger partial charge in [0.2, 0.25) is 0 Å². The molecule has 13 heavy (non-hydrogen) atoms. The molecule has 0 aromatic rings. The van der Waals surface area contributed by atoms with Crippen LogP contribution in [0.2, 0.25) is 0 Å². The molecular formula is C9H17F2NO. The molecule has 0 aromatic carbocycles. The Hall–Kier alpha value is -0.220. The topological polar surface area (TPSA) is 12.5 Å². The van der Waals surface area contributed by atoms with Gasteiger partial charge in [0.15, 0.2) is 0 Å². The number of hydrogen-bond acceptors (Lipinski definition) is 2. The summed E-state index contributed by atoms with van der Waals surface area (Å²) in [5.74, 6) is -2.73. The molecule has 2 nitrogen and oxygen atoms in total. The highest BCUT2D eigenvalue weighted by molar-refractivity contribution is 4.81. The van der Waals surface area contributed by atoms with E-state index in [1.165, 1.54) is 0 Å². The highest BCUT2D eigenvalue weighted by atomic mass is 19.3. The molecule has 1 unspecified atom stereocenters. The fraction of sp³-hybridized carbons (Fsp3) is 1.00. The van der Waals surface area contributed by atoms with Gasteiger partial charge in [0.1, 0.15) is 6.10 Å². The molecule has 1 aliphatic heterocycles. The van der Waals surface area contributed by atoms with Crippen LogP contribution in [0.4, 0.5) is 8.78 Å². The van der Waals surface area contributed by atoms with Crippen molar-refractivity contribution in [1.82, 2.24) is 4.90 Å². The number of rotatable bonds is 2. The molecular weight excluding hydrogens is 176 g/mol. The Kier molecular flexibility index (Phi) is 3.24. The predicted octanol–water partition coefficient (Wildman–Crippen LogP) is 1.75. The lowest BCUT2D eigenvalue weighted by Gasteiger charge is -2.37. The van der Waals surface area contributed by atoms with Crippen molar-refractivity contribution in [3.05, 3.63) is 0 Å². The number of hydrogen-bond donors (Lipinski definition) is 0. The SMILES string of the molecule is CC(C)N1CCOC(C(C)(F)F)C1. The molecule has 1 saturated heterocycles. The fourth-order valence-corrected chi connectivity index (χ4v) is 1.44. The van der Waals surface area contributed by atoms with E-state index in [-0.39, 0.29) is 0 Å². The molecule has 0 amide bonds. The monoisotopic (exact) mass is 193 g/mol. The lowest BCUT2D eigenvalue weighted by molar-refractivity contribution is -0.160. The molecule has 1 fully saturated rings. The minimum atomic E-state index is -2.73. The van der Waals surface area contributed by atoms with Crippen molar-refractivity contribution in [1.29, 1.82) is 0 Å². The van der Waals surface area contributed by atoms with Crippen LogP contribution in [0.15, 0.2) is 0 Å². The van der Waals surface area contributed by atoms with Crippen LogP contribution in [0.5, 0.6) is 0 Å². The summed E-state index contributed by atoms with van der Waals surface area (Å²) in [5, 5.41) is 0. The van der Waals surface area contributed by atoms with Gasteiger partial charge in [-0.1, -0.05) is 0 Å². The third-order valence-corrected chi connectivity index (χ3v) is 2.39. The van der Waals surface area contributed by atoms with Crippen molar-refractivity contribution in [2.24, 2.45) is 0 Å². The van der Waals surface area contributed by atoms with Crippen LogP contribution in [-0.2, 0) is 4.74 Å². The van der Waals surface area contributed by atoms with E-state index in [1.807, 2.05) is 18.7 Å². The molecule has 0 aromatic heterocycles. The summed E-state index contributed by atoms with van der Waals surface area (Å²) < 4.78 is 30.8. The largest absolute Gasteiger partial charge is 0.369 e. The van der Waals surface area contributed by atoms with Crippen molar-refractivity contribution >= 4 is 0 Å². The highest BCUT2D eigenvalue weighted by Crippen LogP contribution is 2.24. The van der Waals surface area contributed by atoms with Gasteiger partial charge in [-0.05, 0) is 13.8 Å². The van der Waals surface area contributed by atoms with E-state index < -0.39 is 12.0 Å². The first-order chi connectivity index (χ1) is 5.91. The zero-order chi connectivity index (χ0) is 10.1. The number of morpholine rings is 1. The Balaban J connectivity index is 2.52. The average Bonchev–Trinajstić information content (AvgIpc) is 2.03. The summed E-state index contributed by atoms with van der Waals surface area (Å²) in [4.78, 5) is 2.02. The van der Waals surface area contributed by atoms with Crippen LogP contribution >= 0.6 is 0 Å². The minimum Gasteiger partial charge on any atom is -0.369 e. The Morgan fingerprint density at radius 2 is 2.08 bits per heavy atom. The number of nitrogens with zero attached hydrogens (tertiary/aromatic N) is 1. The number of alkyl halides is 2. The molecule has 0 aliphatic carbocycles. The van der Waals surface area contributed by atoms with Gasteiger partial charge in [0.25, 0.3) is 5.92 Å². The average molecular weight is 193 g/mol. The van der Waals surface area contributed by atoms with Gasteiger partial charge < -0.3 is 4.74 Å². The first-order valence-electron chi connectivity index (χ1n) is 4.64. The third kappa shape index (κ3) is 2.88. The predicted molar refractivity (Wildman–Crippen MR) is 47.1 cm³/mol. The molecule has 0 radical (unpaired) electrons. The van der Waals surface area contributed by atoms with Gasteiger partial charge in [0, 0.05) is 26.1 Å². The van der Waals surface area contributed by atoms with E-state index >= 15 is 0 Å². The van der Waals surface area contributed by atoms with Crippen LogP contribution < -0.4 is 0 Å². The lowest BCUT2D eigenvalue weighted by Crippen LogP contribution is -2.51. The van der Waals surface area contributed by atoms with Crippen LogP contribution in [-0.4, -0.2) is 42.7 Å². The molecule has 1 heterocycles. The number of ether oxygens (including phenoxy) is 1. The Bertz CT molecular complexity index is 167. The van der Waals surface area contributed by atoms with Crippen LogP contribution in [0.1, 0.15) is 20.8 Å². The molecule has 0 spiro atoms. The Labute approximate surface area is 77.9 Å². The summed E-state index contributed by atoms with van der Waals surface area (Å²) in [6.07, 6.45) is -0.941. The maximum Gasteiger partial charge on any atom is 0.272 e. The Morgan fingerprint density at radius 1 is 1.46 bits per heavy atom. The summed E-state index contributed by atoms with van der Waals surface area (Å²) in [7, 11) is 0. The van der Waals surface area contributed by atoms with Crippen molar-refractivity contribution in [3.63, 3.8) is 0 Å². The van der Waals surface area contributed by atoms with Crippen LogP contribution in [0.3, 0.4) is 0 Å². The van der Waals surface area contributed by atoms with Crippen molar-refractivity contribution < 1.29 is 13.5 Å². The van der Waals surface area contributed by atoms with E-state index in [4.69, 9.17) is 4.74 Å². The smallest absolute Gasteiger partial charge is 0.272 e. The second kappa shape index (κ2) is 3.88. The van der Waals surface area contributed by atoms with Gasteiger partial charge in [-0.2, -0.15) is 0 Å². The molecule has 0 bridgehead atoms. The maximum atomic E-state index is 12.9. The van der Waals surface area contributed by atoms with Crippen LogP contribution in [0, 0.1) is 0 Å². The highest BCUT2D eigenvalue weighted by Gasteiger charge is 2.38. The maximum absolute atomic E-state index is 12.9. The fourth-order valence-electron chi connectivity index (χ4n) is 1.44. The lowest BCUT2D eigenvalue weighted by atomic mass is 10.1. The molecule has 1 rings (SSSR count). The minimum absolute atomic E-state index is 0.314. The van der Waals surface area contributed by atoms with Gasteiger partial charge in [0.05, 0.1) is 6.61 Å². The van der Waals surface area contributed by atoms with Gasteiger partial charge in [-0.25, -0.2) is 8.78 Å². The first kappa shape index (κ1) is 10.9. The Morgan fingerprint density at radius 3 is 2.54 bits per heavy atom. The summed E-state index contributed by atoms with van der Waals surface area (Å²) in [6.45, 7) is 6.44. The molecule has 1 aliphatic rings. The van der Waals surface area contributed by atoms with Crippen molar-refractivity contribution in [2.45, 2.75) is 38.8 Å². The standard InChI is InChI=1S/C9H17F2NO/c1-7(2)12-4-5-13-8(6-12)9(3,10)11/h7-8H,4-6H2,1-3H3. The first-order valence-corrected chi connectivity index (χ1v) is 4.64. The summed E-state index contributed by atoms with van der Waals surface area (Å²) in [6, 6.07) is 0.314. The molecule has 4 heteroatoms. The van der Waals surface area contributed by atoms with E-state index in [0.29, 0.717) is 19.2 Å². The molecule has 0 saturated carbocycles. The van der Waals surface area contributed by atoms with E-state index in [2.05, 4.69) is 0 Å². The zero-order valence-corrected chi connectivity index (χ0v) is 8.39. The van der Waals surface area contributed by atoms with Gasteiger partial charge in [-0.15, -0.1) is 0 Å². The van der Waals surface area contributed by atoms with Gasteiger partial charge in [-0.3, -0.25) is 4.90 Å². The third-order valence-electron chi connectivity index (χ3n) is 2.39. The summed E-state index contributed by atoms with van der Waals surface area (Å²) in [5.41, 5.74) is 0. The van der Waals surface area contributed by atoms with E-state index in [9.17, 15) is 8.78 Å². The van der Waals surface area contributed by atoms with Crippen molar-refractivity contribution in [3.8, 4) is 0 Å².